The molecule has 6 nitrogen and oxygen atoms in total. The lowest BCUT2D eigenvalue weighted by molar-refractivity contribution is 0.152. The van der Waals surface area contributed by atoms with Gasteiger partial charge in [0.2, 0.25) is 0 Å². The first kappa shape index (κ1) is 13.1. The number of rotatable bonds is 5. The van der Waals surface area contributed by atoms with Crippen molar-refractivity contribution in [2.45, 2.75) is 13.5 Å². The van der Waals surface area contributed by atoms with Gasteiger partial charge in [-0.15, -0.1) is 0 Å². The van der Waals surface area contributed by atoms with Crippen LogP contribution in [-0.4, -0.2) is 33.8 Å². The first-order valence-electron chi connectivity index (χ1n) is 6.12. The molecular weight excluding hydrogens is 244 g/mol. The second-order valence-corrected chi connectivity index (χ2v) is 3.89. The Morgan fingerprint density at radius 1 is 1.53 bits per heavy atom. The number of nitrogens with one attached hydrogen (secondary N) is 1. The van der Waals surface area contributed by atoms with E-state index in [4.69, 9.17) is 4.74 Å². The van der Waals surface area contributed by atoms with Crippen LogP contribution in [0.15, 0.2) is 37.1 Å². The van der Waals surface area contributed by atoms with Crippen LogP contribution >= 0.6 is 0 Å². The van der Waals surface area contributed by atoms with Crippen LogP contribution in [0.5, 0.6) is 0 Å². The average Bonchev–Trinajstić information content (AvgIpc) is 2.89. The number of amides is 1. The van der Waals surface area contributed by atoms with Crippen LogP contribution in [0.1, 0.15) is 6.92 Å². The second-order valence-electron chi connectivity index (χ2n) is 3.89. The van der Waals surface area contributed by atoms with E-state index >= 15 is 0 Å². The van der Waals surface area contributed by atoms with Gasteiger partial charge in [-0.1, -0.05) is 0 Å². The highest BCUT2D eigenvalue weighted by atomic mass is 16.5. The van der Waals surface area contributed by atoms with Gasteiger partial charge in [-0.25, -0.2) is 9.78 Å². The molecule has 0 atom stereocenters. The number of aromatic nitrogens is 3. The van der Waals surface area contributed by atoms with Crippen molar-refractivity contribution < 1.29 is 9.53 Å². The Hall–Kier alpha value is -2.37. The van der Waals surface area contributed by atoms with Crippen LogP contribution in [0.25, 0.3) is 11.3 Å². The molecule has 2 aromatic heterocycles. The van der Waals surface area contributed by atoms with Gasteiger partial charge in [0.25, 0.3) is 0 Å². The molecule has 19 heavy (non-hydrogen) atoms. The fourth-order valence-electron chi connectivity index (χ4n) is 1.61. The van der Waals surface area contributed by atoms with Crippen LogP contribution < -0.4 is 5.32 Å². The van der Waals surface area contributed by atoms with Gasteiger partial charge < -0.3 is 14.6 Å². The number of nitrogens with zero attached hydrogens (tertiary/aromatic N) is 3. The molecule has 0 aliphatic heterocycles. The van der Waals surface area contributed by atoms with Crippen LogP contribution in [0.3, 0.4) is 0 Å². The Morgan fingerprint density at radius 2 is 2.42 bits per heavy atom. The molecule has 0 spiro atoms. The molecule has 0 saturated carbocycles. The van der Waals surface area contributed by atoms with E-state index in [0.29, 0.717) is 19.7 Å². The molecule has 0 unspecified atom stereocenters. The lowest BCUT2D eigenvalue weighted by Gasteiger charge is -2.05. The number of hydrogen-bond donors (Lipinski definition) is 1. The molecule has 2 heterocycles. The minimum Gasteiger partial charge on any atom is -0.450 e. The zero-order valence-corrected chi connectivity index (χ0v) is 10.7. The summed E-state index contributed by atoms with van der Waals surface area (Å²) < 4.78 is 6.68. The molecule has 0 aromatic carbocycles. The predicted octanol–water partition coefficient (Wildman–Crippen LogP) is 1.69. The number of ether oxygens (including phenoxy) is 1. The van der Waals surface area contributed by atoms with Crippen molar-refractivity contribution in [3.8, 4) is 11.3 Å². The first-order valence-corrected chi connectivity index (χ1v) is 6.12. The van der Waals surface area contributed by atoms with Gasteiger partial charge >= 0.3 is 6.09 Å². The van der Waals surface area contributed by atoms with Gasteiger partial charge in [0.15, 0.2) is 0 Å². The number of carbonyl (C=O) groups is 1. The van der Waals surface area contributed by atoms with Crippen molar-refractivity contribution in [2.24, 2.45) is 0 Å². The molecule has 1 amide bonds. The molecule has 0 radical (unpaired) electrons. The summed E-state index contributed by atoms with van der Waals surface area (Å²) >= 11 is 0. The fraction of sp³-hybridized carbons (Fsp3) is 0.308. The third-order valence-corrected chi connectivity index (χ3v) is 2.51. The Balaban J connectivity index is 1.86. The van der Waals surface area contributed by atoms with E-state index in [-0.39, 0.29) is 0 Å². The van der Waals surface area contributed by atoms with Crippen molar-refractivity contribution in [2.75, 3.05) is 13.2 Å². The largest absolute Gasteiger partial charge is 0.450 e. The van der Waals surface area contributed by atoms with Crippen molar-refractivity contribution in [3.63, 3.8) is 0 Å². The van der Waals surface area contributed by atoms with Crippen LogP contribution in [0.4, 0.5) is 4.79 Å². The topological polar surface area (TPSA) is 69.0 Å². The standard InChI is InChI=1S/C13H16N4O2/c1-2-19-13(18)15-6-7-17-9-12(16-10-17)11-4-3-5-14-8-11/h3-5,8-10H,2,6-7H2,1H3,(H,15,18). The van der Waals surface area contributed by atoms with Gasteiger partial charge in [0.05, 0.1) is 18.6 Å². The predicted molar refractivity (Wildman–Crippen MR) is 70.5 cm³/mol. The zero-order valence-electron chi connectivity index (χ0n) is 10.7. The van der Waals surface area contributed by atoms with E-state index in [2.05, 4.69) is 15.3 Å². The number of carbonyl (C=O) groups excluding carboxylic acids is 1. The molecule has 0 saturated heterocycles. The number of pyridine rings is 1. The second kappa shape index (κ2) is 6.53. The minimum atomic E-state index is -0.393. The molecule has 0 bridgehead atoms. The van der Waals surface area contributed by atoms with E-state index in [1.165, 1.54) is 0 Å². The lowest BCUT2D eigenvalue weighted by atomic mass is 10.2. The Morgan fingerprint density at radius 3 is 3.16 bits per heavy atom. The smallest absolute Gasteiger partial charge is 0.407 e. The highest BCUT2D eigenvalue weighted by Crippen LogP contribution is 2.14. The van der Waals surface area contributed by atoms with Gasteiger partial charge in [-0.3, -0.25) is 4.98 Å². The summed E-state index contributed by atoms with van der Waals surface area (Å²) in [5.41, 5.74) is 1.84. The molecule has 2 aromatic rings. The number of imidazole rings is 1. The van der Waals surface area contributed by atoms with Crippen molar-refractivity contribution in [3.05, 3.63) is 37.1 Å². The maximum atomic E-state index is 11.1. The van der Waals surface area contributed by atoms with E-state index in [1.807, 2.05) is 22.9 Å². The SMILES string of the molecule is CCOC(=O)NCCn1cnc(-c2cccnc2)c1. The monoisotopic (exact) mass is 260 g/mol. The third-order valence-electron chi connectivity index (χ3n) is 2.51. The van der Waals surface area contributed by atoms with E-state index in [9.17, 15) is 4.79 Å². The molecule has 2 rings (SSSR count). The van der Waals surface area contributed by atoms with Gasteiger partial charge in [0, 0.05) is 37.2 Å². The van der Waals surface area contributed by atoms with Gasteiger partial charge in [-0.2, -0.15) is 0 Å². The first-order chi connectivity index (χ1) is 9.29. The Kier molecular flexibility index (Phi) is 4.49. The zero-order chi connectivity index (χ0) is 13.5. The highest BCUT2D eigenvalue weighted by molar-refractivity contribution is 5.66. The third kappa shape index (κ3) is 3.80. The normalized spacial score (nSPS) is 10.2. The maximum Gasteiger partial charge on any atom is 0.407 e. The summed E-state index contributed by atoms with van der Waals surface area (Å²) in [5.74, 6) is 0. The summed E-state index contributed by atoms with van der Waals surface area (Å²) in [5, 5.41) is 2.66. The molecule has 0 fully saturated rings. The number of hydrogen-bond acceptors (Lipinski definition) is 4. The van der Waals surface area contributed by atoms with E-state index < -0.39 is 6.09 Å². The molecular formula is C13H16N4O2. The molecule has 1 N–H and O–H groups in total. The number of alkyl carbamates (subject to hydrolysis) is 1. The Labute approximate surface area is 111 Å². The average molecular weight is 260 g/mol. The van der Waals surface area contributed by atoms with E-state index in [1.54, 1.807) is 25.6 Å². The summed E-state index contributed by atoms with van der Waals surface area (Å²) in [4.78, 5) is 19.4. The molecule has 6 heteroatoms. The fourth-order valence-corrected chi connectivity index (χ4v) is 1.61. The quantitative estimate of drug-likeness (QED) is 0.888. The molecule has 100 valence electrons. The van der Waals surface area contributed by atoms with Crippen molar-refractivity contribution in [1.82, 2.24) is 19.9 Å². The molecule has 0 aliphatic rings. The summed E-state index contributed by atoms with van der Waals surface area (Å²) in [7, 11) is 0. The van der Waals surface area contributed by atoms with Crippen molar-refractivity contribution >= 4 is 6.09 Å². The van der Waals surface area contributed by atoms with Gasteiger partial charge in [0.1, 0.15) is 0 Å². The van der Waals surface area contributed by atoms with Gasteiger partial charge in [-0.05, 0) is 19.1 Å². The summed E-state index contributed by atoms with van der Waals surface area (Å²) in [6, 6.07) is 3.83. The maximum absolute atomic E-state index is 11.1. The summed E-state index contributed by atoms with van der Waals surface area (Å²) in [6.07, 6.45) is 6.75. The highest BCUT2D eigenvalue weighted by Gasteiger charge is 2.03. The lowest BCUT2D eigenvalue weighted by Crippen LogP contribution is -2.27. The van der Waals surface area contributed by atoms with Crippen LogP contribution in [0.2, 0.25) is 0 Å². The van der Waals surface area contributed by atoms with Crippen molar-refractivity contribution in [1.29, 1.82) is 0 Å². The van der Waals surface area contributed by atoms with E-state index in [0.717, 1.165) is 11.3 Å². The Bertz CT molecular complexity index is 524. The summed E-state index contributed by atoms with van der Waals surface area (Å²) in [6.45, 7) is 3.30. The van der Waals surface area contributed by atoms with Crippen LogP contribution in [-0.2, 0) is 11.3 Å². The minimum absolute atomic E-state index is 0.377. The molecule has 0 aliphatic carbocycles. The van der Waals surface area contributed by atoms with Crippen LogP contribution in [0, 0.1) is 0 Å².